The second-order valence-corrected chi connectivity index (χ2v) is 6.12. The Bertz CT molecular complexity index is 713. The first-order chi connectivity index (χ1) is 11.6. The highest BCUT2D eigenvalue weighted by molar-refractivity contribution is 9.10. The van der Waals surface area contributed by atoms with Gasteiger partial charge in [0.25, 0.3) is 5.91 Å². The Morgan fingerprint density at radius 3 is 2.67 bits per heavy atom. The van der Waals surface area contributed by atoms with Crippen molar-refractivity contribution in [2.45, 2.75) is 13.3 Å². The molecule has 6 heteroatoms. The SMILES string of the molecule is CCc1cccc(NC(N)=NCCNC(=O)c2ccc(Br)cc2)c1. The van der Waals surface area contributed by atoms with Crippen LogP contribution in [0.15, 0.2) is 58.0 Å². The van der Waals surface area contributed by atoms with Gasteiger partial charge in [0, 0.05) is 22.3 Å². The van der Waals surface area contributed by atoms with Crippen LogP contribution in [-0.4, -0.2) is 25.0 Å². The molecule has 0 aliphatic carbocycles. The van der Waals surface area contributed by atoms with Crippen molar-refractivity contribution >= 4 is 33.5 Å². The predicted molar refractivity (Wildman–Crippen MR) is 102 cm³/mol. The number of anilines is 1. The molecule has 0 fully saturated rings. The number of aliphatic imine (C=N–C) groups is 1. The molecule has 0 heterocycles. The summed E-state index contributed by atoms with van der Waals surface area (Å²) >= 11 is 3.34. The molecular formula is C18H21BrN4O. The predicted octanol–water partition coefficient (Wildman–Crippen LogP) is 3.17. The molecule has 0 bridgehead atoms. The summed E-state index contributed by atoms with van der Waals surface area (Å²) in [6.07, 6.45) is 0.967. The van der Waals surface area contributed by atoms with Gasteiger partial charge in [0.15, 0.2) is 5.96 Å². The number of nitrogens with zero attached hydrogens (tertiary/aromatic N) is 1. The smallest absolute Gasteiger partial charge is 0.251 e. The Hall–Kier alpha value is -2.34. The topological polar surface area (TPSA) is 79.5 Å². The van der Waals surface area contributed by atoms with Gasteiger partial charge in [0.05, 0.1) is 6.54 Å². The highest BCUT2D eigenvalue weighted by Crippen LogP contribution is 2.11. The summed E-state index contributed by atoms with van der Waals surface area (Å²) in [5.41, 5.74) is 8.62. The van der Waals surface area contributed by atoms with Crippen molar-refractivity contribution in [1.29, 1.82) is 0 Å². The summed E-state index contributed by atoms with van der Waals surface area (Å²) in [7, 11) is 0. The monoisotopic (exact) mass is 388 g/mol. The van der Waals surface area contributed by atoms with Crippen molar-refractivity contribution < 1.29 is 4.79 Å². The highest BCUT2D eigenvalue weighted by atomic mass is 79.9. The van der Waals surface area contributed by atoms with Crippen LogP contribution in [0.2, 0.25) is 0 Å². The third-order valence-electron chi connectivity index (χ3n) is 3.39. The van der Waals surface area contributed by atoms with E-state index in [0.29, 0.717) is 24.6 Å². The normalized spacial score (nSPS) is 11.2. The molecule has 24 heavy (non-hydrogen) atoms. The number of rotatable bonds is 6. The number of hydrogen-bond acceptors (Lipinski definition) is 2. The van der Waals surface area contributed by atoms with Gasteiger partial charge < -0.3 is 16.4 Å². The molecule has 0 saturated heterocycles. The maximum absolute atomic E-state index is 11.9. The average molecular weight is 389 g/mol. The number of carbonyl (C=O) groups is 1. The number of nitrogens with two attached hydrogens (primary N) is 1. The average Bonchev–Trinajstić information content (AvgIpc) is 2.59. The summed E-state index contributed by atoms with van der Waals surface area (Å²) in [6.45, 7) is 2.94. The molecule has 126 valence electrons. The van der Waals surface area contributed by atoms with E-state index in [4.69, 9.17) is 5.73 Å². The maximum atomic E-state index is 11.9. The lowest BCUT2D eigenvalue weighted by atomic mass is 10.1. The lowest BCUT2D eigenvalue weighted by Crippen LogP contribution is -2.28. The number of hydrogen-bond donors (Lipinski definition) is 3. The van der Waals surface area contributed by atoms with Crippen molar-refractivity contribution in [3.8, 4) is 0 Å². The molecule has 0 aliphatic heterocycles. The molecule has 0 radical (unpaired) electrons. The lowest BCUT2D eigenvalue weighted by molar-refractivity contribution is 0.0955. The van der Waals surface area contributed by atoms with Crippen LogP contribution in [0, 0.1) is 0 Å². The van der Waals surface area contributed by atoms with E-state index in [9.17, 15) is 4.79 Å². The zero-order valence-corrected chi connectivity index (χ0v) is 15.1. The van der Waals surface area contributed by atoms with E-state index < -0.39 is 0 Å². The van der Waals surface area contributed by atoms with Crippen LogP contribution in [0.3, 0.4) is 0 Å². The Balaban J connectivity index is 1.78. The van der Waals surface area contributed by atoms with Crippen LogP contribution < -0.4 is 16.4 Å². The van der Waals surface area contributed by atoms with E-state index in [0.717, 1.165) is 16.6 Å². The zero-order valence-electron chi connectivity index (χ0n) is 13.6. The quantitative estimate of drug-likeness (QED) is 0.403. The van der Waals surface area contributed by atoms with Crippen LogP contribution in [0.25, 0.3) is 0 Å². The van der Waals surface area contributed by atoms with Crippen LogP contribution in [0.4, 0.5) is 5.69 Å². The number of amides is 1. The van der Waals surface area contributed by atoms with Crippen LogP contribution in [0.5, 0.6) is 0 Å². The fourth-order valence-electron chi connectivity index (χ4n) is 2.11. The van der Waals surface area contributed by atoms with Crippen molar-refractivity contribution in [2.75, 3.05) is 18.4 Å². The Morgan fingerprint density at radius 1 is 1.21 bits per heavy atom. The first-order valence-electron chi connectivity index (χ1n) is 7.78. The first kappa shape index (κ1) is 18.0. The zero-order chi connectivity index (χ0) is 17.4. The molecule has 2 aromatic rings. The van der Waals surface area contributed by atoms with Gasteiger partial charge in [0.2, 0.25) is 0 Å². The van der Waals surface area contributed by atoms with Gasteiger partial charge in [-0.15, -0.1) is 0 Å². The van der Waals surface area contributed by atoms with Crippen molar-refractivity contribution in [2.24, 2.45) is 10.7 Å². The number of benzene rings is 2. The Kier molecular flexibility index (Phi) is 6.81. The van der Waals surface area contributed by atoms with Gasteiger partial charge in [-0.3, -0.25) is 9.79 Å². The maximum Gasteiger partial charge on any atom is 0.251 e. The van der Waals surface area contributed by atoms with Gasteiger partial charge >= 0.3 is 0 Å². The van der Waals surface area contributed by atoms with Gasteiger partial charge in [-0.05, 0) is 48.4 Å². The van der Waals surface area contributed by atoms with Crippen LogP contribution in [0.1, 0.15) is 22.8 Å². The Labute approximate surface area is 150 Å². The van der Waals surface area contributed by atoms with Crippen molar-refractivity contribution in [3.05, 3.63) is 64.1 Å². The number of halogens is 1. The number of nitrogens with one attached hydrogen (secondary N) is 2. The van der Waals surface area contributed by atoms with E-state index in [1.54, 1.807) is 12.1 Å². The van der Waals surface area contributed by atoms with Crippen molar-refractivity contribution in [1.82, 2.24) is 5.32 Å². The third kappa shape index (κ3) is 5.70. The van der Waals surface area contributed by atoms with E-state index in [2.05, 4.69) is 44.5 Å². The standard InChI is InChI=1S/C18H21BrN4O/c1-2-13-4-3-5-16(12-13)23-18(20)22-11-10-21-17(24)14-6-8-15(19)9-7-14/h3-9,12H,2,10-11H2,1H3,(H,21,24)(H3,20,22,23). The number of aryl methyl sites for hydroxylation is 1. The summed E-state index contributed by atoms with van der Waals surface area (Å²) in [5.74, 6) is 0.209. The summed E-state index contributed by atoms with van der Waals surface area (Å²) in [5, 5.41) is 5.86. The van der Waals surface area contributed by atoms with Gasteiger partial charge in [0.1, 0.15) is 0 Å². The van der Waals surface area contributed by atoms with Gasteiger partial charge in [-0.1, -0.05) is 35.0 Å². The summed E-state index contributed by atoms with van der Waals surface area (Å²) < 4.78 is 0.939. The van der Waals surface area contributed by atoms with E-state index >= 15 is 0 Å². The molecule has 4 N–H and O–H groups in total. The minimum absolute atomic E-state index is 0.125. The van der Waals surface area contributed by atoms with E-state index in [1.165, 1.54) is 5.56 Å². The first-order valence-corrected chi connectivity index (χ1v) is 8.57. The molecule has 2 rings (SSSR count). The van der Waals surface area contributed by atoms with Crippen LogP contribution in [-0.2, 0) is 6.42 Å². The molecule has 2 aromatic carbocycles. The fourth-order valence-corrected chi connectivity index (χ4v) is 2.37. The van der Waals surface area contributed by atoms with E-state index in [1.807, 2.05) is 30.3 Å². The summed E-state index contributed by atoms with van der Waals surface area (Å²) in [4.78, 5) is 16.2. The van der Waals surface area contributed by atoms with Gasteiger partial charge in [-0.2, -0.15) is 0 Å². The minimum Gasteiger partial charge on any atom is -0.370 e. The second kappa shape index (κ2) is 9.08. The molecular weight excluding hydrogens is 368 g/mol. The molecule has 0 saturated carbocycles. The van der Waals surface area contributed by atoms with Crippen LogP contribution >= 0.6 is 15.9 Å². The molecule has 0 spiro atoms. The third-order valence-corrected chi connectivity index (χ3v) is 3.92. The largest absolute Gasteiger partial charge is 0.370 e. The summed E-state index contributed by atoms with van der Waals surface area (Å²) in [6, 6.07) is 15.2. The molecule has 0 aliphatic rings. The molecule has 1 amide bonds. The highest BCUT2D eigenvalue weighted by Gasteiger charge is 2.03. The van der Waals surface area contributed by atoms with Crippen molar-refractivity contribution in [3.63, 3.8) is 0 Å². The second-order valence-electron chi connectivity index (χ2n) is 5.21. The number of guanidine groups is 1. The Morgan fingerprint density at radius 2 is 1.96 bits per heavy atom. The lowest BCUT2D eigenvalue weighted by Gasteiger charge is -2.07. The van der Waals surface area contributed by atoms with Gasteiger partial charge in [-0.25, -0.2) is 0 Å². The molecule has 5 nitrogen and oxygen atoms in total. The molecule has 0 atom stereocenters. The number of carbonyl (C=O) groups excluding carboxylic acids is 1. The van der Waals surface area contributed by atoms with E-state index in [-0.39, 0.29) is 5.91 Å². The molecule has 0 aromatic heterocycles. The fraction of sp³-hybridized carbons (Fsp3) is 0.222. The molecule has 0 unspecified atom stereocenters. The minimum atomic E-state index is -0.125.